The summed E-state index contributed by atoms with van der Waals surface area (Å²) in [5.74, 6) is 1.01. The molecule has 0 aliphatic heterocycles. The molecule has 1 aromatic carbocycles. The molecule has 0 saturated heterocycles. The van der Waals surface area contributed by atoms with E-state index in [1.807, 2.05) is 13.8 Å². The lowest BCUT2D eigenvalue weighted by atomic mass is 10.1. The van der Waals surface area contributed by atoms with Gasteiger partial charge in [0.2, 0.25) is 5.88 Å². The third kappa shape index (κ3) is 3.28. The third-order valence-corrected chi connectivity index (χ3v) is 3.04. The van der Waals surface area contributed by atoms with E-state index in [1.165, 1.54) is 6.33 Å². The topological polar surface area (TPSA) is 61.0 Å². The molecule has 0 saturated carbocycles. The molecule has 0 aliphatic carbocycles. The molecule has 0 bridgehead atoms. The first-order chi connectivity index (χ1) is 8.97. The molecule has 0 aliphatic rings. The summed E-state index contributed by atoms with van der Waals surface area (Å²) >= 11 is 12.1. The van der Waals surface area contributed by atoms with E-state index in [1.54, 1.807) is 18.2 Å². The van der Waals surface area contributed by atoms with E-state index < -0.39 is 0 Å². The minimum atomic E-state index is 0.280. The average Bonchev–Trinajstić information content (AvgIpc) is 2.34. The number of hydrogen-bond acceptors (Lipinski definition) is 4. The highest BCUT2D eigenvalue weighted by molar-refractivity contribution is 6.37. The molecule has 4 nitrogen and oxygen atoms in total. The average molecular weight is 298 g/mol. The molecule has 2 N–H and O–H groups in total. The number of nitrogens with zero attached hydrogens (tertiary/aromatic N) is 2. The van der Waals surface area contributed by atoms with Crippen molar-refractivity contribution in [2.24, 2.45) is 0 Å². The molecule has 1 heterocycles. The summed E-state index contributed by atoms with van der Waals surface area (Å²) in [4.78, 5) is 8.20. The van der Waals surface area contributed by atoms with Crippen LogP contribution in [0.1, 0.15) is 25.5 Å². The maximum absolute atomic E-state index is 6.05. The standard InChI is InChI=1S/C13H13Cl2N3O/c1-7(2)11-5-12(18-6-17-11)19-13-9(14)3-8(16)4-10(13)15/h3-7H,16H2,1-2H3. The second-order valence-corrected chi connectivity index (χ2v) is 5.17. The molecule has 0 radical (unpaired) electrons. The number of aromatic nitrogens is 2. The van der Waals surface area contributed by atoms with Crippen molar-refractivity contribution in [2.45, 2.75) is 19.8 Å². The van der Waals surface area contributed by atoms with E-state index >= 15 is 0 Å². The Morgan fingerprint density at radius 2 is 1.74 bits per heavy atom. The van der Waals surface area contributed by atoms with Crippen LogP contribution in [-0.4, -0.2) is 9.97 Å². The van der Waals surface area contributed by atoms with Gasteiger partial charge in [-0.15, -0.1) is 0 Å². The number of nitrogen functional groups attached to an aromatic ring is 1. The van der Waals surface area contributed by atoms with Crippen LogP contribution in [0.2, 0.25) is 10.0 Å². The number of halogens is 2. The van der Waals surface area contributed by atoms with Gasteiger partial charge in [-0.25, -0.2) is 9.97 Å². The Morgan fingerprint density at radius 3 is 2.32 bits per heavy atom. The predicted octanol–water partition coefficient (Wildman–Crippen LogP) is 4.28. The number of anilines is 1. The summed E-state index contributed by atoms with van der Waals surface area (Å²) in [6.45, 7) is 4.07. The van der Waals surface area contributed by atoms with Crippen molar-refractivity contribution in [1.82, 2.24) is 9.97 Å². The van der Waals surface area contributed by atoms with Crippen LogP contribution in [0.15, 0.2) is 24.5 Å². The van der Waals surface area contributed by atoms with Gasteiger partial charge in [-0.3, -0.25) is 0 Å². The van der Waals surface area contributed by atoms with Crippen molar-refractivity contribution in [3.05, 3.63) is 40.3 Å². The molecule has 2 aromatic rings. The van der Waals surface area contributed by atoms with Crippen LogP contribution in [0.5, 0.6) is 11.6 Å². The van der Waals surface area contributed by atoms with E-state index in [-0.39, 0.29) is 5.92 Å². The number of hydrogen-bond donors (Lipinski definition) is 1. The summed E-state index contributed by atoms with van der Waals surface area (Å²) in [5.41, 5.74) is 7.00. The number of nitrogens with two attached hydrogens (primary N) is 1. The lowest BCUT2D eigenvalue weighted by Crippen LogP contribution is -1.97. The molecule has 0 fully saturated rings. The minimum absolute atomic E-state index is 0.280. The van der Waals surface area contributed by atoms with Crippen molar-refractivity contribution in [3.63, 3.8) is 0 Å². The Hall–Kier alpha value is -1.52. The molecule has 1 aromatic heterocycles. The molecule has 0 unspecified atom stereocenters. The van der Waals surface area contributed by atoms with Gasteiger partial charge in [0.05, 0.1) is 15.7 Å². The number of benzene rings is 1. The second-order valence-electron chi connectivity index (χ2n) is 4.35. The van der Waals surface area contributed by atoms with Crippen LogP contribution in [-0.2, 0) is 0 Å². The van der Waals surface area contributed by atoms with Gasteiger partial charge >= 0.3 is 0 Å². The van der Waals surface area contributed by atoms with Gasteiger partial charge in [0.15, 0.2) is 5.75 Å². The maximum Gasteiger partial charge on any atom is 0.222 e. The van der Waals surface area contributed by atoms with Gasteiger partial charge in [-0.05, 0) is 18.1 Å². The summed E-state index contributed by atoms with van der Waals surface area (Å²) < 4.78 is 5.62. The summed E-state index contributed by atoms with van der Waals surface area (Å²) in [7, 11) is 0. The fourth-order valence-corrected chi connectivity index (χ4v) is 2.09. The van der Waals surface area contributed by atoms with Crippen molar-refractivity contribution in [1.29, 1.82) is 0 Å². The molecule has 100 valence electrons. The van der Waals surface area contributed by atoms with Crippen molar-refractivity contribution in [2.75, 3.05) is 5.73 Å². The quantitative estimate of drug-likeness (QED) is 0.859. The minimum Gasteiger partial charge on any atom is -0.436 e. The lowest BCUT2D eigenvalue weighted by Gasteiger charge is -2.11. The monoisotopic (exact) mass is 297 g/mol. The fraction of sp³-hybridized carbons (Fsp3) is 0.231. The molecular weight excluding hydrogens is 285 g/mol. The van der Waals surface area contributed by atoms with Crippen LogP contribution in [0, 0.1) is 0 Å². The zero-order valence-corrected chi connectivity index (χ0v) is 12.0. The van der Waals surface area contributed by atoms with Crippen LogP contribution in [0.25, 0.3) is 0 Å². The lowest BCUT2D eigenvalue weighted by molar-refractivity contribution is 0.460. The maximum atomic E-state index is 6.05. The Balaban J connectivity index is 2.34. The van der Waals surface area contributed by atoms with Crippen molar-refractivity contribution >= 4 is 28.9 Å². The molecule has 19 heavy (non-hydrogen) atoms. The van der Waals surface area contributed by atoms with E-state index in [0.29, 0.717) is 27.4 Å². The van der Waals surface area contributed by atoms with Crippen LogP contribution in [0.4, 0.5) is 5.69 Å². The molecule has 0 spiro atoms. The van der Waals surface area contributed by atoms with Gasteiger partial charge in [0.1, 0.15) is 6.33 Å². The molecule has 0 amide bonds. The van der Waals surface area contributed by atoms with Gasteiger partial charge in [0, 0.05) is 11.8 Å². The Labute approximate surface area is 121 Å². The van der Waals surface area contributed by atoms with E-state index in [0.717, 1.165) is 5.69 Å². The normalized spacial score (nSPS) is 10.8. The van der Waals surface area contributed by atoms with Crippen molar-refractivity contribution in [3.8, 4) is 11.6 Å². The first-order valence-electron chi connectivity index (χ1n) is 5.71. The Bertz CT molecular complexity index is 579. The predicted molar refractivity (Wildman–Crippen MR) is 77.1 cm³/mol. The molecule has 6 heteroatoms. The van der Waals surface area contributed by atoms with E-state index in [9.17, 15) is 0 Å². The SMILES string of the molecule is CC(C)c1cc(Oc2c(Cl)cc(N)cc2Cl)ncn1. The third-order valence-electron chi connectivity index (χ3n) is 2.48. The Morgan fingerprint density at radius 1 is 1.11 bits per heavy atom. The first-order valence-corrected chi connectivity index (χ1v) is 6.47. The van der Waals surface area contributed by atoms with Gasteiger partial charge < -0.3 is 10.5 Å². The van der Waals surface area contributed by atoms with Crippen molar-refractivity contribution < 1.29 is 4.74 Å². The summed E-state index contributed by atoms with van der Waals surface area (Å²) in [6.07, 6.45) is 1.45. The van der Waals surface area contributed by atoms with Gasteiger partial charge in [0.25, 0.3) is 0 Å². The molecule has 0 atom stereocenters. The summed E-state index contributed by atoms with van der Waals surface area (Å²) in [6, 6.07) is 4.91. The zero-order chi connectivity index (χ0) is 14.0. The van der Waals surface area contributed by atoms with Gasteiger partial charge in [-0.1, -0.05) is 37.0 Å². The van der Waals surface area contributed by atoms with Crippen LogP contribution < -0.4 is 10.5 Å². The second kappa shape index (κ2) is 5.63. The van der Waals surface area contributed by atoms with Gasteiger partial charge in [-0.2, -0.15) is 0 Å². The molecule has 2 rings (SSSR count). The molecular formula is C13H13Cl2N3O. The first kappa shape index (κ1) is 13.9. The smallest absolute Gasteiger partial charge is 0.222 e. The van der Waals surface area contributed by atoms with E-state index in [4.69, 9.17) is 33.7 Å². The zero-order valence-electron chi connectivity index (χ0n) is 10.5. The number of rotatable bonds is 3. The Kier molecular flexibility index (Phi) is 4.12. The van der Waals surface area contributed by atoms with Crippen LogP contribution in [0.3, 0.4) is 0 Å². The summed E-state index contributed by atoms with van der Waals surface area (Å²) in [5, 5.41) is 0.685. The highest BCUT2D eigenvalue weighted by atomic mass is 35.5. The highest BCUT2D eigenvalue weighted by Gasteiger charge is 2.12. The fourth-order valence-electron chi connectivity index (χ4n) is 1.51. The number of ether oxygens (including phenoxy) is 1. The largest absolute Gasteiger partial charge is 0.436 e. The van der Waals surface area contributed by atoms with E-state index in [2.05, 4.69) is 9.97 Å². The highest BCUT2D eigenvalue weighted by Crippen LogP contribution is 2.37. The van der Waals surface area contributed by atoms with Crippen LogP contribution >= 0.6 is 23.2 Å².